The third-order valence-electron chi connectivity index (χ3n) is 3.86. The summed E-state index contributed by atoms with van der Waals surface area (Å²) in [6.07, 6.45) is 4.71. The standard InChI is InChI=1S/C18H16N4O5/c23-17-16(22(25)26)15(20-18(24)21-17)9-6-12-4-7-14(8-5-12)27-11-13-3-1-2-10-19-13/h1-10,15-16H,11H2,(H2,20,21,23,24)/b9-6+. The highest BCUT2D eigenvalue weighted by Gasteiger charge is 2.43. The van der Waals surface area contributed by atoms with Gasteiger partial charge in [-0.3, -0.25) is 25.2 Å². The Morgan fingerprint density at radius 1 is 1.19 bits per heavy atom. The number of rotatable bonds is 6. The monoisotopic (exact) mass is 368 g/mol. The highest BCUT2D eigenvalue weighted by atomic mass is 16.6. The minimum absolute atomic E-state index is 0.337. The Morgan fingerprint density at radius 3 is 2.63 bits per heavy atom. The zero-order valence-electron chi connectivity index (χ0n) is 14.1. The predicted octanol–water partition coefficient (Wildman–Crippen LogP) is 1.53. The fourth-order valence-electron chi connectivity index (χ4n) is 2.53. The van der Waals surface area contributed by atoms with Crippen molar-refractivity contribution in [3.05, 3.63) is 76.1 Å². The van der Waals surface area contributed by atoms with Gasteiger partial charge in [0, 0.05) is 11.1 Å². The van der Waals surface area contributed by atoms with Gasteiger partial charge in [-0.15, -0.1) is 0 Å². The highest BCUT2D eigenvalue weighted by molar-refractivity contribution is 6.00. The number of nitrogens with zero attached hydrogens (tertiary/aromatic N) is 2. The summed E-state index contributed by atoms with van der Waals surface area (Å²) < 4.78 is 5.63. The second-order valence-electron chi connectivity index (χ2n) is 5.76. The molecule has 2 heterocycles. The molecule has 0 spiro atoms. The molecule has 1 aromatic heterocycles. The lowest BCUT2D eigenvalue weighted by Gasteiger charge is -2.23. The maximum atomic E-state index is 11.6. The summed E-state index contributed by atoms with van der Waals surface area (Å²) in [6.45, 7) is 0.337. The van der Waals surface area contributed by atoms with Crippen LogP contribution < -0.4 is 15.4 Å². The van der Waals surface area contributed by atoms with Gasteiger partial charge in [-0.1, -0.05) is 30.4 Å². The quantitative estimate of drug-likeness (QED) is 0.589. The minimum atomic E-state index is -1.57. The summed E-state index contributed by atoms with van der Waals surface area (Å²) in [4.78, 5) is 37.5. The van der Waals surface area contributed by atoms with Crippen molar-refractivity contribution in [3.8, 4) is 5.75 Å². The minimum Gasteiger partial charge on any atom is -0.487 e. The molecular weight excluding hydrogens is 352 g/mol. The average molecular weight is 368 g/mol. The SMILES string of the molecule is O=C1NC(=O)C([N+](=O)[O-])C(/C=C/c2ccc(OCc3ccccn3)cc2)N1. The number of urea groups is 1. The Balaban J connectivity index is 1.63. The van der Waals surface area contributed by atoms with Gasteiger partial charge in [0.05, 0.1) is 5.69 Å². The van der Waals surface area contributed by atoms with Gasteiger partial charge in [-0.25, -0.2) is 4.79 Å². The Labute approximate surface area is 154 Å². The van der Waals surface area contributed by atoms with Gasteiger partial charge in [0.1, 0.15) is 18.4 Å². The van der Waals surface area contributed by atoms with Crippen LogP contribution in [0.2, 0.25) is 0 Å². The van der Waals surface area contributed by atoms with Crippen LogP contribution in [0.5, 0.6) is 5.75 Å². The molecule has 27 heavy (non-hydrogen) atoms. The van der Waals surface area contributed by atoms with E-state index in [1.807, 2.05) is 23.5 Å². The fourth-order valence-corrected chi connectivity index (χ4v) is 2.53. The van der Waals surface area contributed by atoms with Crippen LogP contribution in [0.4, 0.5) is 4.79 Å². The van der Waals surface area contributed by atoms with Crippen molar-refractivity contribution in [3.63, 3.8) is 0 Å². The highest BCUT2D eigenvalue weighted by Crippen LogP contribution is 2.16. The first-order chi connectivity index (χ1) is 13.0. The lowest BCUT2D eigenvalue weighted by molar-refractivity contribution is -0.510. The summed E-state index contributed by atoms with van der Waals surface area (Å²) in [6, 6.07) is 9.23. The van der Waals surface area contributed by atoms with Crippen LogP contribution in [0.15, 0.2) is 54.7 Å². The largest absolute Gasteiger partial charge is 0.487 e. The van der Waals surface area contributed by atoms with Crippen LogP contribution in [0.3, 0.4) is 0 Å². The molecule has 1 aliphatic heterocycles. The fraction of sp³-hybridized carbons (Fsp3) is 0.167. The summed E-state index contributed by atoms with van der Waals surface area (Å²) in [5.41, 5.74) is 1.54. The number of hydrogen-bond acceptors (Lipinski definition) is 6. The van der Waals surface area contributed by atoms with Gasteiger partial charge in [0.2, 0.25) is 0 Å². The third kappa shape index (κ3) is 4.66. The Morgan fingerprint density at radius 2 is 1.96 bits per heavy atom. The van der Waals surface area contributed by atoms with Crippen molar-refractivity contribution in [2.45, 2.75) is 18.7 Å². The predicted molar refractivity (Wildman–Crippen MR) is 95.3 cm³/mol. The molecule has 2 aromatic rings. The average Bonchev–Trinajstić information content (AvgIpc) is 2.65. The van der Waals surface area contributed by atoms with E-state index < -0.39 is 28.9 Å². The van der Waals surface area contributed by atoms with Gasteiger partial charge in [0.15, 0.2) is 0 Å². The zero-order chi connectivity index (χ0) is 19.2. The topological polar surface area (TPSA) is 123 Å². The molecule has 9 heteroatoms. The number of carbonyl (C=O) groups is 2. The van der Waals surface area contributed by atoms with E-state index in [2.05, 4.69) is 10.3 Å². The van der Waals surface area contributed by atoms with E-state index in [-0.39, 0.29) is 0 Å². The molecule has 3 rings (SSSR count). The van der Waals surface area contributed by atoms with Gasteiger partial charge in [0.25, 0.3) is 0 Å². The lowest BCUT2D eigenvalue weighted by Crippen LogP contribution is -2.62. The molecule has 138 valence electrons. The maximum absolute atomic E-state index is 11.6. The van der Waals surface area contributed by atoms with Crippen molar-refractivity contribution >= 4 is 18.0 Å². The summed E-state index contributed by atoms with van der Waals surface area (Å²) in [7, 11) is 0. The van der Waals surface area contributed by atoms with Crippen molar-refractivity contribution < 1.29 is 19.2 Å². The number of nitro groups is 1. The first-order valence-corrected chi connectivity index (χ1v) is 8.09. The summed E-state index contributed by atoms with van der Waals surface area (Å²) >= 11 is 0. The molecule has 1 aromatic carbocycles. The van der Waals surface area contributed by atoms with Gasteiger partial charge in [-0.05, 0) is 29.8 Å². The van der Waals surface area contributed by atoms with Crippen LogP contribution >= 0.6 is 0 Å². The molecule has 0 bridgehead atoms. The summed E-state index contributed by atoms with van der Waals surface area (Å²) in [5.74, 6) is -0.289. The van der Waals surface area contributed by atoms with Gasteiger partial charge >= 0.3 is 18.0 Å². The molecule has 0 saturated carbocycles. The van der Waals surface area contributed by atoms with E-state index in [0.717, 1.165) is 11.3 Å². The number of aromatic nitrogens is 1. The van der Waals surface area contributed by atoms with Crippen molar-refractivity contribution in [2.75, 3.05) is 0 Å². The first kappa shape index (κ1) is 18.1. The molecule has 3 amide bonds. The van der Waals surface area contributed by atoms with Crippen LogP contribution in [0.1, 0.15) is 11.3 Å². The molecule has 0 aliphatic carbocycles. The Hall–Kier alpha value is -3.75. The van der Waals surface area contributed by atoms with Crippen LogP contribution in [0.25, 0.3) is 6.08 Å². The van der Waals surface area contributed by atoms with E-state index in [9.17, 15) is 19.7 Å². The smallest absolute Gasteiger partial charge is 0.322 e. The van der Waals surface area contributed by atoms with E-state index in [1.54, 1.807) is 36.5 Å². The molecule has 1 fully saturated rings. The number of nitrogens with one attached hydrogen (secondary N) is 2. The number of hydrogen-bond donors (Lipinski definition) is 2. The van der Waals surface area contributed by atoms with Crippen LogP contribution in [-0.2, 0) is 11.4 Å². The molecule has 2 atom stereocenters. The van der Waals surface area contributed by atoms with Crippen LogP contribution in [0, 0.1) is 10.1 Å². The van der Waals surface area contributed by atoms with Crippen molar-refractivity contribution in [1.29, 1.82) is 0 Å². The number of pyridine rings is 1. The maximum Gasteiger partial charge on any atom is 0.322 e. The molecular formula is C18H16N4O5. The first-order valence-electron chi connectivity index (χ1n) is 8.09. The number of carbonyl (C=O) groups excluding carboxylic acids is 2. The number of imide groups is 1. The Kier molecular flexibility index (Phi) is 5.41. The second-order valence-corrected chi connectivity index (χ2v) is 5.76. The van der Waals surface area contributed by atoms with Crippen molar-refractivity contribution in [1.82, 2.24) is 15.6 Å². The lowest BCUT2D eigenvalue weighted by atomic mass is 10.0. The number of amides is 3. The second kappa shape index (κ2) is 8.09. The number of ether oxygens (including phenoxy) is 1. The van der Waals surface area contributed by atoms with Gasteiger partial charge in [-0.2, -0.15) is 0 Å². The normalized spacial score (nSPS) is 19.4. The molecule has 9 nitrogen and oxygen atoms in total. The van der Waals surface area contributed by atoms with Gasteiger partial charge < -0.3 is 10.1 Å². The van der Waals surface area contributed by atoms with E-state index >= 15 is 0 Å². The van der Waals surface area contributed by atoms with E-state index in [1.165, 1.54) is 6.08 Å². The Bertz CT molecular complexity index is 867. The molecule has 0 radical (unpaired) electrons. The van der Waals surface area contributed by atoms with Crippen LogP contribution in [-0.4, -0.2) is 33.9 Å². The third-order valence-corrected chi connectivity index (χ3v) is 3.86. The molecule has 2 N–H and O–H groups in total. The zero-order valence-corrected chi connectivity index (χ0v) is 14.1. The van der Waals surface area contributed by atoms with Crippen molar-refractivity contribution in [2.24, 2.45) is 0 Å². The van der Waals surface area contributed by atoms with E-state index in [0.29, 0.717) is 12.4 Å². The number of benzene rings is 1. The van der Waals surface area contributed by atoms with E-state index in [4.69, 9.17) is 4.74 Å². The molecule has 2 unspecified atom stereocenters. The molecule has 1 aliphatic rings. The summed E-state index contributed by atoms with van der Waals surface area (Å²) in [5, 5.41) is 15.3. The molecule has 1 saturated heterocycles.